The van der Waals surface area contributed by atoms with Crippen molar-refractivity contribution >= 4 is 0 Å². The summed E-state index contributed by atoms with van der Waals surface area (Å²) in [5, 5.41) is 4.11. The molecule has 2 rings (SSSR count). The van der Waals surface area contributed by atoms with Crippen molar-refractivity contribution in [3.05, 3.63) is 35.7 Å². The molecule has 1 aromatic carbocycles. The van der Waals surface area contributed by atoms with Gasteiger partial charge < -0.3 is 10.3 Å². The standard InChI is InChI=1S/C17H25N3O/c1-12(2)14(10-11-18)8-9-16-19-17(20-21-16)15-7-5-4-6-13(15)3/h4-7,12,14H,8-11,18H2,1-3H3. The van der Waals surface area contributed by atoms with Gasteiger partial charge in [0.1, 0.15) is 0 Å². The van der Waals surface area contributed by atoms with Gasteiger partial charge in [-0.1, -0.05) is 43.3 Å². The number of aromatic nitrogens is 2. The van der Waals surface area contributed by atoms with E-state index in [0.717, 1.165) is 42.8 Å². The van der Waals surface area contributed by atoms with Crippen molar-refractivity contribution in [3.8, 4) is 11.4 Å². The Kier molecular flexibility index (Phi) is 5.51. The minimum atomic E-state index is 0.615. The topological polar surface area (TPSA) is 64.9 Å². The molecule has 1 unspecified atom stereocenters. The molecule has 2 N–H and O–H groups in total. The van der Waals surface area contributed by atoms with E-state index in [1.807, 2.05) is 18.2 Å². The first kappa shape index (κ1) is 15.7. The first-order valence-corrected chi connectivity index (χ1v) is 7.70. The van der Waals surface area contributed by atoms with E-state index in [2.05, 4.69) is 37.0 Å². The lowest BCUT2D eigenvalue weighted by atomic mass is 9.88. The normalized spacial score (nSPS) is 12.8. The highest BCUT2D eigenvalue weighted by Gasteiger charge is 2.15. The Morgan fingerprint density at radius 1 is 1.19 bits per heavy atom. The van der Waals surface area contributed by atoms with Gasteiger partial charge in [-0.25, -0.2) is 0 Å². The fraction of sp³-hybridized carbons (Fsp3) is 0.529. The zero-order chi connectivity index (χ0) is 15.2. The first-order chi connectivity index (χ1) is 10.1. The zero-order valence-electron chi connectivity index (χ0n) is 13.2. The molecule has 0 bridgehead atoms. The van der Waals surface area contributed by atoms with Crippen LogP contribution in [-0.2, 0) is 6.42 Å². The molecule has 0 aliphatic carbocycles. The SMILES string of the molecule is Cc1ccccc1-c1noc(CCC(CCN)C(C)C)n1. The van der Waals surface area contributed by atoms with Crippen molar-refractivity contribution in [1.29, 1.82) is 0 Å². The van der Waals surface area contributed by atoms with Gasteiger partial charge >= 0.3 is 0 Å². The molecule has 0 radical (unpaired) electrons. The Hall–Kier alpha value is -1.68. The number of rotatable bonds is 7. The summed E-state index contributed by atoms with van der Waals surface area (Å²) in [5.41, 5.74) is 7.88. The molecule has 0 aliphatic heterocycles. The molecule has 1 heterocycles. The molecule has 0 saturated heterocycles. The lowest BCUT2D eigenvalue weighted by Gasteiger charge is -2.18. The molecule has 21 heavy (non-hydrogen) atoms. The van der Waals surface area contributed by atoms with Crippen LogP contribution in [0.15, 0.2) is 28.8 Å². The van der Waals surface area contributed by atoms with Crippen molar-refractivity contribution in [2.75, 3.05) is 6.54 Å². The first-order valence-electron chi connectivity index (χ1n) is 7.70. The highest BCUT2D eigenvalue weighted by atomic mass is 16.5. The second-order valence-corrected chi connectivity index (χ2v) is 5.95. The Morgan fingerprint density at radius 2 is 1.95 bits per heavy atom. The van der Waals surface area contributed by atoms with Crippen LogP contribution in [0.5, 0.6) is 0 Å². The van der Waals surface area contributed by atoms with Crippen LogP contribution < -0.4 is 5.73 Å². The van der Waals surface area contributed by atoms with Gasteiger partial charge in [-0.3, -0.25) is 0 Å². The number of hydrogen-bond acceptors (Lipinski definition) is 4. The number of aryl methyl sites for hydroxylation is 2. The maximum absolute atomic E-state index is 5.68. The third-order valence-corrected chi connectivity index (χ3v) is 4.06. The fourth-order valence-corrected chi connectivity index (χ4v) is 2.62. The van der Waals surface area contributed by atoms with Crippen LogP contribution in [0.2, 0.25) is 0 Å². The molecular formula is C17H25N3O. The van der Waals surface area contributed by atoms with E-state index in [9.17, 15) is 0 Å². The summed E-state index contributed by atoms with van der Waals surface area (Å²) < 4.78 is 5.39. The van der Waals surface area contributed by atoms with Gasteiger partial charge in [0.15, 0.2) is 0 Å². The van der Waals surface area contributed by atoms with Gasteiger partial charge in [-0.2, -0.15) is 4.98 Å². The van der Waals surface area contributed by atoms with E-state index in [0.29, 0.717) is 17.7 Å². The molecule has 0 fully saturated rings. The van der Waals surface area contributed by atoms with E-state index in [-0.39, 0.29) is 0 Å². The predicted octanol–water partition coefficient (Wildman–Crippen LogP) is 3.60. The number of benzene rings is 1. The molecule has 4 heteroatoms. The number of nitrogens with zero attached hydrogens (tertiary/aromatic N) is 2. The smallest absolute Gasteiger partial charge is 0.226 e. The molecule has 114 valence electrons. The molecule has 1 aromatic heterocycles. The third kappa shape index (κ3) is 4.14. The van der Waals surface area contributed by atoms with Gasteiger partial charge in [-0.05, 0) is 43.7 Å². The Balaban J connectivity index is 2.02. The second-order valence-electron chi connectivity index (χ2n) is 5.95. The van der Waals surface area contributed by atoms with Gasteiger partial charge in [0, 0.05) is 12.0 Å². The maximum atomic E-state index is 5.68. The minimum Gasteiger partial charge on any atom is -0.339 e. The van der Waals surface area contributed by atoms with E-state index in [1.54, 1.807) is 0 Å². The summed E-state index contributed by atoms with van der Waals surface area (Å²) in [6.07, 6.45) is 2.92. The highest BCUT2D eigenvalue weighted by Crippen LogP contribution is 2.23. The van der Waals surface area contributed by atoms with E-state index in [4.69, 9.17) is 10.3 Å². The molecule has 0 spiro atoms. The van der Waals surface area contributed by atoms with E-state index >= 15 is 0 Å². The van der Waals surface area contributed by atoms with Crippen molar-refractivity contribution in [1.82, 2.24) is 10.1 Å². The van der Waals surface area contributed by atoms with Crippen LogP contribution in [0.4, 0.5) is 0 Å². The van der Waals surface area contributed by atoms with Crippen molar-refractivity contribution in [3.63, 3.8) is 0 Å². The van der Waals surface area contributed by atoms with Crippen LogP contribution in [-0.4, -0.2) is 16.7 Å². The largest absolute Gasteiger partial charge is 0.339 e. The highest BCUT2D eigenvalue weighted by molar-refractivity contribution is 5.58. The lowest BCUT2D eigenvalue weighted by molar-refractivity contribution is 0.313. The Labute approximate surface area is 126 Å². The van der Waals surface area contributed by atoms with Crippen LogP contribution >= 0.6 is 0 Å². The molecule has 0 amide bonds. The Morgan fingerprint density at radius 3 is 2.62 bits per heavy atom. The van der Waals surface area contributed by atoms with Gasteiger partial charge in [-0.15, -0.1) is 0 Å². The predicted molar refractivity (Wildman–Crippen MR) is 84.8 cm³/mol. The molecule has 1 atom stereocenters. The van der Waals surface area contributed by atoms with Gasteiger partial charge in [0.2, 0.25) is 11.7 Å². The average molecular weight is 287 g/mol. The minimum absolute atomic E-state index is 0.615. The van der Waals surface area contributed by atoms with Gasteiger partial charge in [0.25, 0.3) is 0 Å². The lowest BCUT2D eigenvalue weighted by Crippen LogP contribution is -2.15. The maximum Gasteiger partial charge on any atom is 0.226 e. The molecular weight excluding hydrogens is 262 g/mol. The summed E-state index contributed by atoms with van der Waals surface area (Å²) >= 11 is 0. The van der Waals surface area contributed by atoms with E-state index < -0.39 is 0 Å². The fourth-order valence-electron chi connectivity index (χ4n) is 2.62. The molecule has 4 nitrogen and oxygen atoms in total. The Bertz CT molecular complexity index is 563. The van der Waals surface area contributed by atoms with E-state index in [1.165, 1.54) is 0 Å². The van der Waals surface area contributed by atoms with Crippen LogP contribution in [0.3, 0.4) is 0 Å². The third-order valence-electron chi connectivity index (χ3n) is 4.06. The van der Waals surface area contributed by atoms with Crippen molar-refractivity contribution in [2.24, 2.45) is 17.6 Å². The average Bonchev–Trinajstić information content (AvgIpc) is 2.92. The van der Waals surface area contributed by atoms with Gasteiger partial charge in [0.05, 0.1) is 0 Å². The molecule has 0 saturated carbocycles. The summed E-state index contributed by atoms with van der Waals surface area (Å²) in [6, 6.07) is 8.09. The van der Waals surface area contributed by atoms with Crippen LogP contribution in [0, 0.1) is 18.8 Å². The summed E-state index contributed by atoms with van der Waals surface area (Å²) in [6.45, 7) is 7.28. The quantitative estimate of drug-likeness (QED) is 0.845. The summed E-state index contributed by atoms with van der Waals surface area (Å²) in [4.78, 5) is 4.52. The molecule has 2 aromatic rings. The van der Waals surface area contributed by atoms with Crippen LogP contribution in [0.25, 0.3) is 11.4 Å². The van der Waals surface area contributed by atoms with Crippen molar-refractivity contribution in [2.45, 2.75) is 40.0 Å². The zero-order valence-corrected chi connectivity index (χ0v) is 13.2. The molecule has 0 aliphatic rings. The summed E-state index contributed by atoms with van der Waals surface area (Å²) in [7, 11) is 0. The van der Waals surface area contributed by atoms with Crippen molar-refractivity contribution < 1.29 is 4.52 Å². The number of hydrogen-bond donors (Lipinski definition) is 1. The van der Waals surface area contributed by atoms with Crippen LogP contribution in [0.1, 0.15) is 38.1 Å². The number of nitrogens with two attached hydrogens (primary N) is 1. The monoisotopic (exact) mass is 287 g/mol. The summed E-state index contributed by atoms with van der Waals surface area (Å²) in [5.74, 6) is 2.65. The second kappa shape index (κ2) is 7.36.